The Kier molecular flexibility index (Phi) is 2.67. The Hall–Kier alpha value is -0.810. The topological polar surface area (TPSA) is 78.8 Å². The molecule has 1 aliphatic rings. The molecule has 0 aromatic rings. The van der Waals surface area contributed by atoms with E-state index < -0.39 is 18.3 Å². The van der Waals surface area contributed by atoms with Gasteiger partial charge in [-0.3, -0.25) is 0 Å². The largest absolute Gasteiger partial charge is 0.443 e. The maximum atomic E-state index is 10.6. The Morgan fingerprint density at radius 2 is 2.55 bits per heavy atom. The number of ether oxygens (including phenoxy) is 1. The van der Waals surface area contributed by atoms with E-state index in [1.165, 1.54) is 0 Å². The SMILES string of the molecule is O=C1NCC[C@@H](C(O)CO)O1. The molecule has 3 N–H and O–H groups in total. The molecule has 5 nitrogen and oxygen atoms in total. The fraction of sp³-hybridized carbons (Fsp3) is 0.833. The first kappa shape index (κ1) is 8.29. The highest BCUT2D eigenvalue weighted by atomic mass is 16.6. The molecule has 0 aliphatic carbocycles. The van der Waals surface area contributed by atoms with Crippen molar-refractivity contribution >= 4 is 6.09 Å². The van der Waals surface area contributed by atoms with E-state index in [0.717, 1.165) is 0 Å². The molecule has 11 heavy (non-hydrogen) atoms. The van der Waals surface area contributed by atoms with Crippen LogP contribution in [0.4, 0.5) is 4.79 Å². The van der Waals surface area contributed by atoms with Gasteiger partial charge in [-0.1, -0.05) is 0 Å². The summed E-state index contributed by atoms with van der Waals surface area (Å²) in [6, 6.07) is 0. The van der Waals surface area contributed by atoms with Gasteiger partial charge >= 0.3 is 6.09 Å². The lowest BCUT2D eigenvalue weighted by atomic mass is 10.1. The number of rotatable bonds is 2. The number of cyclic esters (lactones) is 1. The van der Waals surface area contributed by atoms with Crippen LogP contribution in [-0.4, -0.2) is 41.7 Å². The maximum Gasteiger partial charge on any atom is 0.407 e. The van der Waals surface area contributed by atoms with Crippen molar-refractivity contribution in [1.82, 2.24) is 5.32 Å². The lowest BCUT2D eigenvalue weighted by molar-refractivity contribution is -0.0366. The number of nitrogens with one attached hydrogen (secondary N) is 1. The highest BCUT2D eigenvalue weighted by Crippen LogP contribution is 2.07. The lowest BCUT2D eigenvalue weighted by Crippen LogP contribution is -2.44. The van der Waals surface area contributed by atoms with E-state index in [0.29, 0.717) is 13.0 Å². The molecule has 64 valence electrons. The lowest BCUT2D eigenvalue weighted by Gasteiger charge is -2.25. The summed E-state index contributed by atoms with van der Waals surface area (Å²) in [5.41, 5.74) is 0. The van der Waals surface area contributed by atoms with Crippen LogP contribution in [0, 0.1) is 0 Å². The Balaban J connectivity index is 2.39. The molecule has 1 saturated heterocycles. The summed E-state index contributed by atoms with van der Waals surface area (Å²) < 4.78 is 4.68. The molecule has 5 heteroatoms. The zero-order valence-corrected chi connectivity index (χ0v) is 5.99. The van der Waals surface area contributed by atoms with Crippen molar-refractivity contribution in [2.45, 2.75) is 18.6 Å². The van der Waals surface area contributed by atoms with Gasteiger partial charge in [-0.15, -0.1) is 0 Å². The molecule has 0 radical (unpaired) electrons. The third-order valence-electron chi connectivity index (χ3n) is 1.57. The summed E-state index contributed by atoms with van der Waals surface area (Å²) in [6.07, 6.45) is -1.52. The number of carbonyl (C=O) groups is 1. The molecule has 0 spiro atoms. The Morgan fingerprint density at radius 1 is 1.82 bits per heavy atom. The Bertz CT molecular complexity index is 150. The van der Waals surface area contributed by atoms with E-state index in [-0.39, 0.29) is 6.61 Å². The van der Waals surface area contributed by atoms with Gasteiger partial charge in [0, 0.05) is 13.0 Å². The van der Waals surface area contributed by atoms with Crippen LogP contribution >= 0.6 is 0 Å². The smallest absolute Gasteiger partial charge is 0.407 e. The third kappa shape index (κ3) is 2.06. The molecular formula is C6H11NO4. The minimum Gasteiger partial charge on any atom is -0.443 e. The van der Waals surface area contributed by atoms with Crippen LogP contribution in [0.15, 0.2) is 0 Å². The van der Waals surface area contributed by atoms with Crippen molar-refractivity contribution in [3.63, 3.8) is 0 Å². The number of aliphatic hydroxyl groups is 2. The molecule has 1 amide bonds. The molecule has 2 atom stereocenters. The number of carbonyl (C=O) groups excluding carboxylic acids is 1. The fourth-order valence-corrected chi connectivity index (χ4v) is 0.943. The summed E-state index contributed by atoms with van der Waals surface area (Å²) in [6.45, 7) is 0.110. The second-order valence-electron chi connectivity index (χ2n) is 2.41. The maximum absolute atomic E-state index is 10.6. The summed E-state index contributed by atoms with van der Waals surface area (Å²) in [5, 5.41) is 20.0. The first-order valence-corrected chi connectivity index (χ1v) is 3.47. The summed E-state index contributed by atoms with van der Waals surface area (Å²) in [5.74, 6) is 0. The second kappa shape index (κ2) is 3.54. The van der Waals surface area contributed by atoms with Crippen LogP contribution in [-0.2, 0) is 4.74 Å². The van der Waals surface area contributed by atoms with Gasteiger partial charge in [-0.25, -0.2) is 4.79 Å². The molecule has 0 aromatic carbocycles. The average molecular weight is 161 g/mol. The minimum absolute atomic E-state index is 0.377. The van der Waals surface area contributed by atoms with Crippen molar-refractivity contribution in [2.75, 3.05) is 13.2 Å². The molecule has 0 bridgehead atoms. The van der Waals surface area contributed by atoms with Crippen LogP contribution in [0.2, 0.25) is 0 Å². The zero-order chi connectivity index (χ0) is 8.27. The normalized spacial score (nSPS) is 27.1. The minimum atomic E-state index is -0.957. The van der Waals surface area contributed by atoms with E-state index in [2.05, 4.69) is 10.1 Å². The van der Waals surface area contributed by atoms with Crippen LogP contribution in [0.3, 0.4) is 0 Å². The number of hydrogen-bond donors (Lipinski definition) is 3. The van der Waals surface area contributed by atoms with E-state index in [1.54, 1.807) is 0 Å². The van der Waals surface area contributed by atoms with Crippen molar-refractivity contribution in [2.24, 2.45) is 0 Å². The van der Waals surface area contributed by atoms with Gasteiger partial charge in [0.05, 0.1) is 6.61 Å². The first-order chi connectivity index (χ1) is 5.24. The summed E-state index contributed by atoms with van der Waals surface area (Å²) in [7, 11) is 0. The molecule has 1 rings (SSSR count). The number of amides is 1. The Morgan fingerprint density at radius 3 is 3.09 bits per heavy atom. The van der Waals surface area contributed by atoms with Crippen LogP contribution in [0.25, 0.3) is 0 Å². The fourth-order valence-electron chi connectivity index (χ4n) is 0.943. The Labute approximate surface area is 64.0 Å². The van der Waals surface area contributed by atoms with Crippen LogP contribution in [0.1, 0.15) is 6.42 Å². The predicted molar refractivity (Wildman–Crippen MR) is 36.0 cm³/mol. The van der Waals surface area contributed by atoms with Crippen molar-refractivity contribution in [3.8, 4) is 0 Å². The molecule has 1 aliphatic heterocycles. The standard InChI is InChI=1S/C6H11NO4/c8-3-4(9)5-1-2-7-6(10)11-5/h4-5,8-9H,1-3H2,(H,7,10)/t4?,5-/m0/s1. The summed E-state index contributed by atoms with van der Waals surface area (Å²) in [4.78, 5) is 10.6. The van der Waals surface area contributed by atoms with Crippen molar-refractivity contribution in [1.29, 1.82) is 0 Å². The molecular weight excluding hydrogens is 150 g/mol. The quantitative estimate of drug-likeness (QED) is 0.477. The average Bonchev–Trinajstić information content (AvgIpc) is 2.03. The molecule has 1 unspecified atom stereocenters. The zero-order valence-electron chi connectivity index (χ0n) is 5.99. The van der Waals surface area contributed by atoms with E-state index in [9.17, 15) is 4.79 Å². The van der Waals surface area contributed by atoms with E-state index in [4.69, 9.17) is 10.2 Å². The van der Waals surface area contributed by atoms with Gasteiger partial charge in [0.25, 0.3) is 0 Å². The van der Waals surface area contributed by atoms with Crippen LogP contribution in [0.5, 0.6) is 0 Å². The molecule has 0 aromatic heterocycles. The van der Waals surface area contributed by atoms with Gasteiger partial charge in [0.15, 0.2) is 0 Å². The molecule has 0 saturated carbocycles. The monoisotopic (exact) mass is 161 g/mol. The van der Waals surface area contributed by atoms with Crippen molar-refractivity contribution in [3.05, 3.63) is 0 Å². The van der Waals surface area contributed by atoms with Gasteiger partial charge in [0.1, 0.15) is 12.2 Å². The number of alkyl carbamates (subject to hydrolysis) is 1. The predicted octanol–water partition coefficient (Wildman–Crippen LogP) is -1.16. The highest BCUT2D eigenvalue weighted by Gasteiger charge is 2.25. The third-order valence-corrected chi connectivity index (χ3v) is 1.57. The van der Waals surface area contributed by atoms with E-state index >= 15 is 0 Å². The van der Waals surface area contributed by atoms with Gasteiger partial charge in [-0.2, -0.15) is 0 Å². The van der Waals surface area contributed by atoms with Gasteiger partial charge < -0.3 is 20.3 Å². The summed E-state index contributed by atoms with van der Waals surface area (Å²) >= 11 is 0. The first-order valence-electron chi connectivity index (χ1n) is 3.47. The van der Waals surface area contributed by atoms with Crippen LogP contribution < -0.4 is 5.32 Å². The van der Waals surface area contributed by atoms with Gasteiger partial charge in [0.2, 0.25) is 0 Å². The second-order valence-corrected chi connectivity index (χ2v) is 2.41. The highest BCUT2D eigenvalue weighted by molar-refractivity contribution is 5.68. The molecule has 1 fully saturated rings. The molecule has 1 heterocycles. The van der Waals surface area contributed by atoms with E-state index in [1.807, 2.05) is 0 Å². The number of aliphatic hydroxyl groups excluding tert-OH is 2. The van der Waals surface area contributed by atoms with Crippen molar-refractivity contribution < 1.29 is 19.7 Å². The number of hydrogen-bond acceptors (Lipinski definition) is 4. The van der Waals surface area contributed by atoms with Gasteiger partial charge in [-0.05, 0) is 0 Å².